The van der Waals surface area contributed by atoms with Crippen LogP contribution in [-0.4, -0.2) is 30.6 Å². The van der Waals surface area contributed by atoms with E-state index < -0.39 is 11.8 Å². The molecule has 2 aromatic carbocycles. The second-order valence-electron chi connectivity index (χ2n) is 5.82. The van der Waals surface area contributed by atoms with Crippen LogP contribution >= 0.6 is 23.8 Å². The molecule has 0 radical (unpaired) electrons. The van der Waals surface area contributed by atoms with Gasteiger partial charge in [0.2, 0.25) is 0 Å². The van der Waals surface area contributed by atoms with E-state index in [0.717, 1.165) is 0 Å². The van der Waals surface area contributed by atoms with Gasteiger partial charge in [-0.3, -0.25) is 19.8 Å². The fourth-order valence-electron chi connectivity index (χ4n) is 2.71. The zero-order valence-corrected chi connectivity index (χ0v) is 16.8. The number of rotatable bonds is 5. The summed E-state index contributed by atoms with van der Waals surface area (Å²) in [6.07, 6.45) is 6.62. The number of terminal acetylenes is 1. The maximum Gasteiger partial charge on any atom is 0.270 e. The molecule has 0 unspecified atom stereocenters. The van der Waals surface area contributed by atoms with E-state index in [2.05, 4.69) is 11.2 Å². The number of nitrogens with zero attached hydrogens (tertiary/aromatic N) is 1. The van der Waals surface area contributed by atoms with Crippen LogP contribution in [0.4, 0.5) is 5.69 Å². The first-order valence-electron chi connectivity index (χ1n) is 8.36. The van der Waals surface area contributed by atoms with Crippen LogP contribution in [0.1, 0.15) is 5.56 Å². The second-order valence-corrected chi connectivity index (χ2v) is 6.61. The van der Waals surface area contributed by atoms with Crippen molar-refractivity contribution in [2.24, 2.45) is 0 Å². The molecule has 1 saturated heterocycles. The smallest absolute Gasteiger partial charge is 0.270 e. The van der Waals surface area contributed by atoms with Gasteiger partial charge >= 0.3 is 0 Å². The highest BCUT2D eigenvalue weighted by Gasteiger charge is 2.34. The van der Waals surface area contributed by atoms with E-state index >= 15 is 0 Å². The number of thiocarbonyl (C=S) groups is 1. The van der Waals surface area contributed by atoms with Gasteiger partial charge in [-0.05, 0) is 48.1 Å². The Bertz CT molecular complexity index is 1060. The number of hydrogen-bond donors (Lipinski definition) is 1. The summed E-state index contributed by atoms with van der Waals surface area (Å²) in [4.78, 5) is 26.7. The first-order valence-corrected chi connectivity index (χ1v) is 9.15. The number of carbonyl (C=O) groups excluding carboxylic acids is 2. The van der Waals surface area contributed by atoms with Crippen LogP contribution in [0.5, 0.6) is 11.5 Å². The van der Waals surface area contributed by atoms with Gasteiger partial charge < -0.3 is 9.47 Å². The highest BCUT2D eigenvalue weighted by atomic mass is 35.5. The second kappa shape index (κ2) is 8.78. The van der Waals surface area contributed by atoms with E-state index in [1.165, 1.54) is 18.1 Å². The number of amides is 2. The first kappa shape index (κ1) is 20.4. The van der Waals surface area contributed by atoms with Gasteiger partial charge in [-0.25, -0.2) is 0 Å². The average Bonchev–Trinajstić information content (AvgIpc) is 2.70. The quantitative estimate of drug-likeness (QED) is 0.344. The van der Waals surface area contributed by atoms with Crippen molar-refractivity contribution >= 4 is 52.5 Å². The molecular formula is C21H15ClN2O4S. The minimum absolute atomic E-state index is 0.0111. The highest BCUT2D eigenvalue weighted by Crippen LogP contribution is 2.37. The van der Waals surface area contributed by atoms with Crippen molar-refractivity contribution in [3.8, 4) is 23.8 Å². The SMILES string of the molecule is C#CCOc1c(Cl)cc(/C=C2/C(=O)NC(=S)N(c3ccccc3)C2=O)cc1OC. The minimum atomic E-state index is -0.602. The largest absolute Gasteiger partial charge is 0.493 e. The summed E-state index contributed by atoms with van der Waals surface area (Å²) in [7, 11) is 1.44. The van der Waals surface area contributed by atoms with Gasteiger partial charge in [-0.15, -0.1) is 6.42 Å². The lowest BCUT2D eigenvalue weighted by atomic mass is 10.1. The molecule has 1 heterocycles. The molecule has 8 heteroatoms. The van der Waals surface area contributed by atoms with Gasteiger partial charge in [0.15, 0.2) is 16.6 Å². The Labute approximate surface area is 178 Å². The molecule has 2 amide bonds. The van der Waals surface area contributed by atoms with E-state index in [9.17, 15) is 9.59 Å². The van der Waals surface area contributed by atoms with Crippen LogP contribution in [-0.2, 0) is 9.59 Å². The number of hydrogen-bond acceptors (Lipinski definition) is 5. The lowest BCUT2D eigenvalue weighted by molar-refractivity contribution is -0.122. The molecule has 0 saturated carbocycles. The van der Waals surface area contributed by atoms with Gasteiger partial charge in [0.1, 0.15) is 12.2 Å². The standard InChI is InChI=1S/C21H15ClN2O4S/c1-3-9-28-18-16(22)11-13(12-17(18)27-2)10-15-19(25)23-21(29)24(20(15)26)14-7-5-4-6-8-14/h1,4-8,10-12H,9H2,2H3,(H,23,25,29)/b15-10-. The third-order valence-electron chi connectivity index (χ3n) is 3.98. The van der Waals surface area contributed by atoms with Crippen molar-refractivity contribution in [1.82, 2.24) is 5.32 Å². The summed E-state index contributed by atoms with van der Waals surface area (Å²) in [6.45, 7) is 0.0148. The molecule has 1 aliphatic rings. The Kier molecular flexibility index (Phi) is 6.17. The van der Waals surface area contributed by atoms with E-state index in [1.807, 2.05) is 6.07 Å². The molecular weight excluding hydrogens is 412 g/mol. The third kappa shape index (κ3) is 4.24. The number of benzene rings is 2. The Morgan fingerprint density at radius 3 is 2.66 bits per heavy atom. The van der Waals surface area contributed by atoms with E-state index in [1.54, 1.807) is 36.4 Å². The molecule has 0 aliphatic carbocycles. The molecule has 0 spiro atoms. The van der Waals surface area contributed by atoms with Crippen LogP contribution in [0.3, 0.4) is 0 Å². The number of halogens is 1. The summed E-state index contributed by atoms with van der Waals surface area (Å²) in [6, 6.07) is 11.9. The molecule has 0 atom stereocenters. The monoisotopic (exact) mass is 426 g/mol. The van der Waals surface area contributed by atoms with E-state index in [4.69, 9.17) is 39.7 Å². The van der Waals surface area contributed by atoms with Crippen LogP contribution in [0.2, 0.25) is 5.02 Å². The molecule has 146 valence electrons. The van der Waals surface area contributed by atoms with Gasteiger partial charge in [0.25, 0.3) is 11.8 Å². The van der Waals surface area contributed by atoms with Crippen molar-refractivity contribution in [3.05, 3.63) is 58.6 Å². The molecule has 1 N–H and O–H groups in total. The van der Waals surface area contributed by atoms with Crippen molar-refractivity contribution < 1.29 is 19.1 Å². The van der Waals surface area contributed by atoms with Crippen molar-refractivity contribution in [2.75, 3.05) is 18.6 Å². The Morgan fingerprint density at radius 2 is 2.00 bits per heavy atom. The van der Waals surface area contributed by atoms with Gasteiger partial charge in [0, 0.05) is 0 Å². The number of anilines is 1. The Morgan fingerprint density at radius 1 is 1.28 bits per heavy atom. The van der Waals surface area contributed by atoms with Gasteiger partial charge in [-0.2, -0.15) is 0 Å². The molecule has 6 nitrogen and oxygen atoms in total. The Hall–Kier alpha value is -3.34. The summed E-state index contributed by atoms with van der Waals surface area (Å²) in [5.74, 6) is 1.79. The molecule has 2 aromatic rings. The molecule has 1 aliphatic heterocycles. The first-order chi connectivity index (χ1) is 14.0. The zero-order chi connectivity index (χ0) is 21.0. The lowest BCUT2D eigenvalue weighted by Crippen LogP contribution is -2.54. The van der Waals surface area contributed by atoms with Crippen LogP contribution < -0.4 is 19.7 Å². The molecule has 1 fully saturated rings. The normalized spacial score (nSPS) is 15.1. The van der Waals surface area contributed by atoms with Crippen molar-refractivity contribution in [3.63, 3.8) is 0 Å². The topological polar surface area (TPSA) is 67.9 Å². The minimum Gasteiger partial charge on any atom is -0.493 e. The fraction of sp³-hybridized carbons (Fsp3) is 0.0952. The number of para-hydroxylation sites is 1. The Balaban J connectivity index is 2.01. The number of nitrogens with one attached hydrogen (secondary N) is 1. The highest BCUT2D eigenvalue weighted by molar-refractivity contribution is 7.80. The predicted molar refractivity (Wildman–Crippen MR) is 115 cm³/mol. The number of methoxy groups -OCH3 is 1. The van der Waals surface area contributed by atoms with Gasteiger partial charge in [-0.1, -0.05) is 35.7 Å². The third-order valence-corrected chi connectivity index (χ3v) is 4.54. The van der Waals surface area contributed by atoms with Gasteiger partial charge in [0.05, 0.1) is 17.8 Å². The van der Waals surface area contributed by atoms with E-state index in [0.29, 0.717) is 17.0 Å². The van der Waals surface area contributed by atoms with Crippen LogP contribution in [0.25, 0.3) is 6.08 Å². The summed E-state index contributed by atoms with van der Waals surface area (Å²) >= 11 is 11.4. The van der Waals surface area contributed by atoms with E-state index in [-0.39, 0.29) is 28.1 Å². The van der Waals surface area contributed by atoms with Crippen molar-refractivity contribution in [2.45, 2.75) is 0 Å². The number of carbonyl (C=O) groups is 2. The summed E-state index contributed by atoms with van der Waals surface area (Å²) < 4.78 is 10.7. The summed E-state index contributed by atoms with van der Waals surface area (Å²) in [5.41, 5.74) is 0.916. The molecule has 3 rings (SSSR count). The average molecular weight is 427 g/mol. The summed E-state index contributed by atoms with van der Waals surface area (Å²) in [5, 5.41) is 2.77. The van der Waals surface area contributed by atoms with Crippen LogP contribution in [0.15, 0.2) is 48.0 Å². The fourth-order valence-corrected chi connectivity index (χ4v) is 3.27. The molecule has 0 aromatic heterocycles. The van der Waals surface area contributed by atoms with Crippen molar-refractivity contribution in [1.29, 1.82) is 0 Å². The lowest BCUT2D eigenvalue weighted by Gasteiger charge is -2.28. The predicted octanol–water partition coefficient (Wildman–Crippen LogP) is 3.19. The maximum atomic E-state index is 13.0. The van der Waals surface area contributed by atoms with Crippen LogP contribution in [0, 0.1) is 12.3 Å². The zero-order valence-electron chi connectivity index (χ0n) is 15.3. The number of ether oxygens (including phenoxy) is 2. The molecule has 0 bridgehead atoms. The maximum absolute atomic E-state index is 13.0. The molecule has 29 heavy (non-hydrogen) atoms.